The monoisotopic (exact) mass is 348 g/mol. The molecule has 2 amide bonds. The van der Waals surface area contributed by atoms with E-state index in [1.54, 1.807) is 0 Å². The topological polar surface area (TPSA) is 105 Å². The number of rotatable bonds is 8. The smallest absolute Gasteiger partial charge is 0.370 e. The molecule has 0 aromatic rings. The van der Waals surface area contributed by atoms with E-state index in [1.807, 2.05) is 0 Å². The molecule has 0 aliphatic heterocycles. The van der Waals surface area contributed by atoms with E-state index >= 15 is 0 Å². The summed E-state index contributed by atoms with van der Waals surface area (Å²) in [6.07, 6.45) is -12.3. The first kappa shape index (κ1) is 20.1. The number of nitrogens with two attached hydrogens (primary N) is 2. The number of amides is 2. The first-order valence-electron chi connectivity index (χ1n) is 5.03. The van der Waals surface area contributed by atoms with Gasteiger partial charge in [-0.3, -0.25) is 9.68 Å². The Kier molecular flexibility index (Phi) is 5.58. The highest BCUT2D eigenvalue weighted by Gasteiger charge is 2.82. The lowest BCUT2D eigenvalue weighted by Crippen LogP contribution is -2.63. The summed E-state index contributed by atoms with van der Waals surface area (Å²) in [6, 6.07) is 0. The number of carbonyl (C=O) groups excluding carboxylic acids is 2. The van der Waals surface area contributed by atoms with Gasteiger partial charge in [0.2, 0.25) is 5.91 Å². The van der Waals surface area contributed by atoms with Gasteiger partial charge in [-0.1, -0.05) is 4.89 Å². The first-order chi connectivity index (χ1) is 9.58. The van der Waals surface area contributed by atoms with Crippen LogP contribution in [0.4, 0.5) is 39.9 Å². The zero-order valence-electron chi connectivity index (χ0n) is 10.2. The molecule has 0 aliphatic rings. The van der Waals surface area contributed by atoms with Gasteiger partial charge in [0.15, 0.2) is 0 Å². The molecule has 0 spiro atoms. The number of carbonyl (C=O) groups is 2. The van der Waals surface area contributed by atoms with Crippen molar-refractivity contribution in [3.63, 3.8) is 0 Å². The van der Waals surface area contributed by atoms with E-state index in [-0.39, 0.29) is 0 Å². The van der Waals surface area contributed by atoms with Crippen LogP contribution in [0.15, 0.2) is 0 Å². The van der Waals surface area contributed by atoms with Crippen molar-refractivity contribution in [1.29, 1.82) is 0 Å². The Morgan fingerprint density at radius 2 is 1.32 bits per heavy atom. The van der Waals surface area contributed by atoms with Crippen LogP contribution in [0.3, 0.4) is 0 Å². The van der Waals surface area contributed by atoms with Gasteiger partial charge in [0.25, 0.3) is 0 Å². The second-order valence-corrected chi connectivity index (χ2v) is 3.82. The summed E-state index contributed by atoms with van der Waals surface area (Å²) < 4.78 is 104. The van der Waals surface area contributed by atoms with Crippen molar-refractivity contribution in [3.8, 4) is 0 Å². The lowest BCUT2D eigenvalue weighted by Gasteiger charge is -2.35. The zero-order valence-corrected chi connectivity index (χ0v) is 10.2. The minimum atomic E-state index is -6.82. The molecule has 0 aliphatic carbocycles. The van der Waals surface area contributed by atoms with Crippen LogP contribution in [-0.4, -0.2) is 35.9 Å². The molecule has 14 heteroatoms. The van der Waals surface area contributed by atoms with Crippen LogP contribution in [0.25, 0.3) is 0 Å². The van der Waals surface area contributed by atoms with Gasteiger partial charge >= 0.3 is 30.0 Å². The highest BCUT2D eigenvalue weighted by Crippen LogP contribution is 2.54. The van der Waals surface area contributed by atoms with Gasteiger partial charge in [0, 0.05) is 12.8 Å². The Bertz CT molecular complexity index is 402. The van der Waals surface area contributed by atoms with Gasteiger partial charge in [0.1, 0.15) is 0 Å². The van der Waals surface area contributed by atoms with E-state index in [0.717, 1.165) is 0 Å². The van der Waals surface area contributed by atoms with Crippen molar-refractivity contribution in [2.45, 2.75) is 36.7 Å². The van der Waals surface area contributed by atoms with Crippen LogP contribution in [0.5, 0.6) is 0 Å². The average molecular weight is 348 g/mol. The first-order valence-corrected chi connectivity index (χ1v) is 5.03. The van der Waals surface area contributed by atoms with E-state index in [1.165, 1.54) is 0 Å². The Morgan fingerprint density at radius 3 is 1.68 bits per heavy atom. The molecule has 22 heavy (non-hydrogen) atoms. The second kappa shape index (κ2) is 6.10. The maximum Gasteiger partial charge on any atom is 0.461 e. The van der Waals surface area contributed by atoms with Gasteiger partial charge in [-0.25, -0.2) is 4.79 Å². The van der Waals surface area contributed by atoms with Crippen LogP contribution in [0, 0.1) is 0 Å². The van der Waals surface area contributed by atoms with Crippen molar-refractivity contribution in [2.24, 2.45) is 11.5 Å². The SMILES string of the molecule is NC(=O)CCC(F)(F)C(F)(F)C(F)(F)C(F)(F)OOC(N)=O. The fraction of sp³-hybridized carbons (Fsp3) is 0.750. The lowest BCUT2D eigenvalue weighted by atomic mass is 9.99. The van der Waals surface area contributed by atoms with E-state index in [0.29, 0.717) is 0 Å². The molecule has 0 saturated carbocycles. The number of hydrogen-bond donors (Lipinski definition) is 2. The summed E-state index contributed by atoms with van der Waals surface area (Å²) in [7, 11) is 0. The van der Waals surface area contributed by atoms with Crippen molar-refractivity contribution in [2.75, 3.05) is 0 Å². The minimum absolute atomic E-state index is 1.48. The van der Waals surface area contributed by atoms with E-state index in [2.05, 4.69) is 21.2 Å². The van der Waals surface area contributed by atoms with Gasteiger partial charge < -0.3 is 11.5 Å². The third-order valence-corrected chi connectivity index (χ3v) is 2.13. The highest BCUT2D eigenvalue weighted by atomic mass is 19.4. The minimum Gasteiger partial charge on any atom is -0.370 e. The lowest BCUT2D eigenvalue weighted by molar-refractivity contribution is -0.496. The molecule has 0 fully saturated rings. The molecule has 0 aromatic heterocycles. The second-order valence-electron chi connectivity index (χ2n) is 3.82. The van der Waals surface area contributed by atoms with Crippen LogP contribution in [0.1, 0.15) is 12.8 Å². The molecule has 6 nitrogen and oxygen atoms in total. The van der Waals surface area contributed by atoms with Crippen molar-refractivity contribution in [1.82, 2.24) is 0 Å². The number of hydrogen-bond acceptors (Lipinski definition) is 4. The predicted molar refractivity (Wildman–Crippen MR) is 50.0 cm³/mol. The molecule has 0 atom stereocenters. The largest absolute Gasteiger partial charge is 0.461 e. The molecule has 0 radical (unpaired) electrons. The van der Waals surface area contributed by atoms with E-state index in [9.17, 15) is 44.7 Å². The number of halogens is 8. The van der Waals surface area contributed by atoms with Gasteiger partial charge in [-0.2, -0.15) is 35.1 Å². The molecule has 0 unspecified atom stereocenters. The van der Waals surface area contributed by atoms with Crippen molar-refractivity contribution >= 4 is 12.0 Å². The Balaban J connectivity index is 5.43. The average Bonchev–Trinajstić information content (AvgIpc) is 2.33. The van der Waals surface area contributed by atoms with Crippen LogP contribution in [0.2, 0.25) is 0 Å². The van der Waals surface area contributed by atoms with Crippen molar-refractivity contribution in [3.05, 3.63) is 0 Å². The Hall–Kier alpha value is -1.86. The summed E-state index contributed by atoms with van der Waals surface area (Å²) in [4.78, 5) is 25.3. The third kappa shape index (κ3) is 3.86. The molecule has 0 saturated heterocycles. The quantitative estimate of drug-likeness (QED) is 0.396. The molecule has 0 heterocycles. The zero-order chi connectivity index (χ0) is 18.0. The van der Waals surface area contributed by atoms with Gasteiger partial charge in [-0.05, 0) is 0 Å². The Labute approximate surface area is 116 Å². The van der Waals surface area contributed by atoms with E-state index in [4.69, 9.17) is 0 Å². The molecule has 130 valence electrons. The molecule has 0 bridgehead atoms. The molecular formula is C8H8F8N2O4. The number of alkyl halides is 8. The Morgan fingerprint density at radius 1 is 0.864 bits per heavy atom. The molecule has 4 N–H and O–H groups in total. The summed E-state index contributed by atoms with van der Waals surface area (Å²) in [6.45, 7) is 0. The third-order valence-electron chi connectivity index (χ3n) is 2.13. The summed E-state index contributed by atoms with van der Waals surface area (Å²) in [5, 5.41) is 0. The van der Waals surface area contributed by atoms with Gasteiger partial charge in [0.05, 0.1) is 0 Å². The molecular weight excluding hydrogens is 340 g/mol. The van der Waals surface area contributed by atoms with Gasteiger partial charge in [-0.15, -0.1) is 0 Å². The van der Waals surface area contributed by atoms with Crippen molar-refractivity contribution < 1.29 is 54.5 Å². The maximum absolute atomic E-state index is 13.1. The fourth-order valence-electron chi connectivity index (χ4n) is 0.995. The maximum atomic E-state index is 13.1. The van der Waals surface area contributed by atoms with E-state index < -0.39 is 48.7 Å². The molecule has 0 rings (SSSR count). The summed E-state index contributed by atoms with van der Waals surface area (Å²) in [5.74, 6) is -20.8. The number of primary amides is 2. The fourth-order valence-corrected chi connectivity index (χ4v) is 0.995. The molecule has 0 aromatic carbocycles. The standard InChI is InChI=1S/C8H8F8N2O4/c9-5(10,2-1-3(17)19)6(11,12)7(13,14)8(15,16)22-21-4(18)20/h1-2H2,(H2,17,19)(H2,18,20). The summed E-state index contributed by atoms with van der Waals surface area (Å²) in [5.41, 5.74) is 8.44. The van der Waals surface area contributed by atoms with Crippen LogP contribution < -0.4 is 11.5 Å². The normalized spacial score (nSPS) is 13.8. The van der Waals surface area contributed by atoms with Crippen LogP contribution >= 0.6 is 0 Å². The predicted octanol–water partition coefficient (Wildman–Crippen LogP) is 1.78. The van der Waals surface area contributed by atoms with Crippen LogP contribution in [-0.2, 0) is 14.6 Å². The summed E-state index contributed by atoms with van der Waals surface area (Å²) >= 11 is 0. The highest BCUT2D eigenvalue weighted by molar-refractivity contribution is 5.73.